The molecule has 0 bridgehead atoms. The minimum atomic E-state index is 0. The molecule has 0 amide bonds. The summed E-state index contributed by atoms with van der Waals surface area (Å²) in [5.74, 6) is 0. The topological polar surface area (TPSA) is 12.0 Å². The van der Waals surface area contributed by atoms with E-state index in [2.05, 4.69) is 53.8 Å². The van der Waals surface area contributed by atoms with E-state index in [-0.39, 0.29) is 1.43 Å². The van der Waals surface area contributed by atoms with Gasteiger partial charge in [0.15, 0.2) is 0 Å². The first-order chi connectivity index (χ1) is 9.45. The molecule has 0 aromatic heterocycles. The van der Waals surface area contributed by atoms with Gasteiger partial charge in [0.25, 0.3) is 0 Å². The van der Waals surface area contributed by atoms with E-state index in [0.29, 0.717) is 0 Å². The molecule has 19 heavy (non-hydrogen) atoms. The Morgan fingerprint density at radius 2 is 0.947 bits per heavy atom. The van der Waals surface area contributed by atoms with Gasteiger partial charge in [-0.1, -0.05) is 88.4 Å². The first kappa shape index (κ1) is 17.4. The third-order valence-corrected chi connectivity index (χ3v) is 2.34. The molecule has 0 unspecified atom stereocenters. The zero-order valence-electron chi connectivity index (χ0n) is 12.7. The van der Waals surface area contributed by atoms with Crippen molar-refractivity contribution in [3.8, 4) is 0 Å². The van der Waals surface area contributed by atoms with Crippen molar-refractivity contribution in [1.82, 2.24) is 5.32 Å². The molecule has 2 rings (SSSR count). The van der Waals surface area contributed by atoms with Crippen LogP contribution in [0.5, 0.6) is 0 Å². The fraction of sp³-hybridized carbons (Fsp3) is 0.333. The largest absolute Gasteiger partial charge is 0.309 e. The van der Waals surface area contributed by atoms with E-state index < -0.39 is 0 Å². The normalized spacial score (nSPS) is 8.63. The van der Waals surface area contributed by atoms with E-state index in [4.69, 9.17) is 0 Å². The van der Waals surface area contributed by atoms with Gasteiger partial charge in [0.2, 0.25) is 0 Å². The molecule has 1 N–H and O–H groups in total. The highest BCUT2D eigenvalue weighted by atomic mass is 14.8. The van der Waals surface area contributed by atoms with Crippen LogP contribution < -0.4 is 5.32 Å². The minimum Gasteiger partial charge on any atom is -0.309 e. The Bertz CT molecular complexity index is 347. The molecule has 0 fully saturated rings. The second kappa shape index (κ2) is 12.8. The summed E-state index contributed by atoms with van der Waals surface area (Å²) in [6, 6.07) is 20.9. The first-order valence-corrected chi connectivity index (χ1v) is 7.24. The lowest BCUT2D eigenvalue weighted by molar-refractivity contribution is 0.693. The monoisotopic (exact) mass is 259 g/mol. The van der Waals surface area contributed by atoms with Crippen molar-refractivity contribution in [1.29, 1.82) is 0 Å². The summed E-state index contributed by atoms with van der Waals surface area (Å²) < 4.78 is 0. The lowest BCUT2D eigenvalue weighted by Crippen LogP contribution is -2.12. The molecule has 1 heteroatoms. The van der Waals surface area contributed by atoms with Crippen LogP contribution in [0.4, 0.5) is 0 Å². The Morgan fingerprint density at radius 1 is 0.632 bits per heavy atom. The molecule has 0 heterocycles. The molecule has 2 aromatic carbocycles. The van der Waals surface area contributed by atoms with E-state index in [0.717, 1.165) is 13.1 Å². The fourth-order valence-corrected chi connectivity index (χ4v) is 1.54. The number of benzene rings is 2. The van der Waals surface area contributed by atoms with Gasteiger partial charge in [-0.3, -0.25) is 0 Å². The maximum Gasteiger partial charge on any atom is 0.0208 e. The van der Waals surface area contributed by atoms with Gasteiger partial charge in [-0.15, -0.1) is 0 Å². The standard InChI is InChI=1S/C14H15N.2C2H6.H2/c1-3-7-13(8-4-1)11-15-12-14-9-5-2-6-10-14;2*1-2;/h1-10,15H,11-12H2;2*1-2H3;1H. The van der Waals surface area contributed by atoms with E-state index in [1.165, 1.54) is 11.1 Å². The molecule has 0 aliphatic rings. The Morgan fingerprint density at radius 3 is 1.26 bits per heavy atom. The summed E-state index contributed by atoms with van der Waals surface area (Å²) in [6.45, 7) is 9.85. The number of hydrogen-bond acceptors (Lipinski definition) is 1. The lowest BCUT2D eigenvalue weighted by atomic mass is 10.2. The molecular formula is C18H29N. The van der Waals surface area contributed by atoms with Gasteiger partial charge in [-0.25, -0.2) is 0 Å². The maximum atomic E-state index is 3.42. The van der Waals surface area contributed by atoms with Gasteiger partial charge in [0.1, 0.15) is 0 Å². The van der Waals surface area contributed by atoms with E-state index in [1.807, 2.05) is 39.8 Å². The van der Waals surface area contributed by atoms with Crippen LogP contribution in [0, 0.1) is 0 Å². The summed E-state index contributed by atoms with van der Waals surface area (Å²) in [5, 5.41) is 3.42. The second-order valence-electron chi connectivity index (χ2n) is 3.57. The van der Waals surface area contributed by atoms with Gasteiger partial charge >= 0.3 is 0 Å². The van der Waals surface area contributed by atoms with Gasteiger partial charge in [-0.05, 0) is 11.1 Å². The van der Waals surface area contributed by atoms with Crippen molar-refractivity contribution in [2.75, 3.05) is 0 Å². The quantitative estimate of drug-likeness (QED) is 0.788. The predicted octanol–water partition coefficient (Wildman–Crippen LogP) is 5.27. The van der Waals surface area contributed by atoms with Crippen LogP contribution >= 0.6 is 0 Å². The summed E-state index contributed by atoms with van der Waals surface area (Å²) in [5.41, 5.74) is 2.65. The van der Waals surface area contributed by atoms with Gasteiger partial charge in [0.05, 0.1) is 0 Å². The van der Waals surface area contributed by atoms with E-state index in [1.54, 1.807) is 0 Å². The van der Waals surface area contributed by atoms with Crippen molar-refractivity contribution in [3.05, 3.63) is 71.8 Å². The van der Waals surface area contributed by atoms with E-state index >= 15 is 0 Å². The Hall–Kier alpha value is -1.60. The van der Waals surface area contributed by atoms with Crippen LogP contribution in [0.2, 0.25) is 0 Å². The molecular weight excluding hydrogens is 230 g/mol. The van der Waals surface area contributed by atoms with Crippen molar-refractivity contribution >= 4 is 0 Å². The average Bonchev–Trinajstić information content (AvgIpc) is 2.53. The molecule has 0 aliphatic carbocycles. The molecule has 0 spiro atoms. The highest BCUT2D eigenvalue weighted by Crippen LogP contribution is 2.00. The molecule has 0 saturated carbocycles. The molecule has 2 aromatic rings. The fourth-order valence-electron chi connectivity index (χ4n) is 1.54. The van der Waals surface area contributed by atoms with Crippen molar-refractivity contribution in [2.24, 2.45) is 0 Å². The van der Waals surface area contributed by atoms with Gasteiger partial charge in [-0.2, -0.15) is 0 Å². The molecule has 1 nitrogen and oxygen atoms in total. The van der Waals surface area contributed by atoms with Crippen LogP contribution in [-0.2, 0) is 13.1 Å². The van der Waals surface area contributed by atoms with Crippen LogP contribution in [0.25, 0.3) is 0 Å². The Labute approximate surface area is 120 Å². The predicted molar refractivity (Wildman–Crippen MR) is 88.2 cm³/mol. The van der Waals surface area contributed by atoms with Gasteiger partial charge < -0.3 is 5.32 Å². The molecule has 0 atom stereocenters. The average molecular weight is 259 g/mol. The lowest BCUT2D eigenvalue weighted by Gasteiger charge is -2.04. The highest BCUT2D eigenvalue weighted by Gasteiger charge is 1.92. The van der Waals surface area contributed by atoms with Crippen molar-refractivity contribution in [2.45, 2.75) is 40.8 Å². The third kappa shape index (κ3) is 8.17. The van der Waals surface area contributed by atoms with E-state index in [9.17, 15) is 0 Å². The summed E-state index contributed by atoms with van der Waals surface area (Å²) in [7, 11) is 0. The SMILES string of the molecule is CC.CC.[HH].c1ccc(CNCc2ccccc2)cc1. The number of hydrogen-bond donors (Lipinski definition) is 1. The van der Waals surface area contributed by atoms with Crippen molar-refractivity contribution < 1.29 is 1.43 Å². The zero-order chi connectivity index (χ0) is 14.3. The smallest absolute Gasteiger partial charge is 0.0208 e. The summed E-state index contributed by atoms with van der Waals surface area (Å²) in [6.07, 6.45) is 0. The van der Waals surface area contributed by atoms with Gasteiger partial charge in [0, 0.05) is 14.5 Å². The molecule has 0 radical (unpaired) electrons. The zero-order valence-corrected chi connectivity index (χ0v) is 12.7. The number of nitrogens with one attached hydrogen (secondary N) is 1. The minimum absolute atomic E-state index is 0. The maximum absolute atomic E-state index is 3.42. The first-order valence-electron chi connectivity index (χ1n) is 7.24. The van der Waals surface area contributed by atoms with Crippen LogP contribution in [0.3, 0.4) is 0 Å². The molecule has 106 valence electrons. The van der Waals surface area contributed by atoms with Crippen LogP contribution in [0.1, 0.15) is 40.2 Å². The van der Waals surface area contributed by atoms with Crippen LogP contribution in [-0.4, -0.2) is 0 Å². The summed E-state index contributed by atoms with van der Waals surface area (Å²) >= 11 is 0. The second-order valence-corrected chi connectivity index (χ2v) is 3.57. The third-order valence-electron chi connectivity index (χ3n) is 2.34. The molecule has 0 saturated heterocycles. The molecule has 0 aliphatic heterocycles. The highest BCUT2D eigenvalue weighted by molar-refractivity contribution is 5.16. The Balaban J connectivity index is 0. The van der Waals surface area contributed by atoms with Crippen LogP contribution in [0.15, 0.2) is 60.7 Å². The number of rotatable bonds is 4. The summed E-state index contributed by atoms with van der Waals surface area (Å²) in [4.78, 5) is 0. The Kier molecular flexibility index (Phi) is 11.8. The van der Waals surface area contributed by atoms with Crippen molar-refractivity contribution in [3.63, 3.8) is 0 Å².